The van der Waals surface area contributed by atoms with Gasteiger partial charge in [0.15, 0.2) is 0 Å². The normalized spacial score (nSPS) is 12.1. The zero-order chi connectivity index (χ0) is 10.8. The largest absolute Gasteiger partial charge is 0.401 e. The van der Waals surface area contributed by atoms with Gasteiger partial charge in [0.05, 0.1) is 10.3 Å². The molecule has 0 radical (unpaired) electrons. The second-order valence-electron chi connectivity index (χ2n) is 2.89. The third-order valence-electron chi connectivity index (χ3n) is 1.53. The van der Waals surface area contributed by atoms with Gasteiger partial charge in [0.1, 0.15) is 0 Å². The van der Waals surface area contributed by atoms with Gasteiger partial charge in [-0.1, -0.05) is 0 Å². The molecule has 6 heteroatoms. The SMILES string of the molecule is Cc1cc(CNCC(F)(F)F)sc1Br. The molecule has 0 fully saturated rings. The van der Waals surface area contributed by atoms with Gasteiger partial charge in [0.2, 0.25) is 0 Å². The van der Waals surface area contributed by atoms with Gasteiger partial charge in [-0.3, -0.25) is 0 Å². The molecule has 1 nitrogen and oxygen atoms in total. The zero-order valence-electron chi connectivity index (χ0n) is 7.41. The highest BCUT2D eigenvalue weighted by atomic mass is 79.9. The van der Waals surface area contributed by atoms with Crippen LogP contribution in [-0.2, 0) is 6.54 Å². The van der Waals surface area contributed by atoms with Crippen molar-refractivity contribution in [2.75, 3.05) is 6.54 Å². The summed E-state index contributed by atoms with van der Waals surface area (Å²) in [4.78, 5) is 0.902. The fourth-order valence-electron chi connectivity index (χ4n) is 0.938. The Balaban J connectivity index is 2.39. The van der Waals surface area contributed by atoms with Gasteiger partial charge >= 0.3 is 6.18 Å². The Morgan fingerprint density at radius 3 is 2.57 bits per heavy atom. The lowest BCUT2D eigenvalue weighted by molar-refractivity contribution is -0.125. The molecule has 1 N–H and O–H groups in total. The number of rotatable bonds is 3. The molecular weight excluding hydrogens is 279 g/mol. The van der Waals surface area contributed by atoms with Gasteiger partial charge in [-0.25, -0.2) is 0 Å². The van der Waals surface area contributed by atoms with Crippen molar-refractivity contribution in [3.05, 3.63) is 20.3 Å². The summed E-state index contributed by atoms with van der Waals surface area (Å²) < 4.78 is 36.3. The lowest BCUT2D eigenvalue weighted by atomic mass is 10.3. The maximum absolute atomic E-state index is 11.8. The summed E-state index contributed by atoms with van der Waals surface area (Å²) in [6, 6.07) is 1.87. The van der Waals surface area contributed by atoms with Crippen LogP contribution in [0, 0.1) is 6.92 Å². The van der Waals surface area contributed by atoms with Crippen molar-refractivity contribution in [2.45, 2.75) is 19.6 Å². The topological polar surface area (TPSA) is 12.0 Å². The third kappa shape index (κ3) is 3.98. The van der Waals surface area contributed by atoms with Gasteiger partial charge in [0.25, 0.3) is 0 Å². The maximum atomic E-state index is 11.8. The molecule has 0 saturated carbocycles. The molecule has 1 aromatic rings. The first-order chi connectivity index (χ1) is 6.38. The molecule has 0 aliphatic rings. The number of halogens is 4. The Kier molecular flexibility index (Phi) is 3.97. The second kappa shape index (κ2) is 4.63. The maximum Gasteiger partial charge on any atom is 0.401 e. The van der Waals surface area contributed by atoms with Gasteiger partial charge in [-0.05, 0) is 34.5 Å². The standard InChI is InChI=1S/C8H9BrF3NS/c1-5-2-6(14-7(5)9)3-13-4-8(10,11)12/h2,13H,3-4H2,1H3. The molecular formula is C8H9BrF3NS. The first-order valence-corrected chi connectivity index (χ1v) is 5.52. The van der Waals surface area contributed by atoms with E-state index in [1.165, 1.54) is 11.3 Å². The van der Waals surface area contributed by atoms with E-state index >= 15 is 0 Å². The Morgan fingerprint density at radius 1 is 1.50 bits per heavy atom. The average molecular weight is 288 g/mol. The smallest absolute Gasteiger partial charge is 0.304 e. The molecule has 0 unspecified atom stereocenters. The van der Waals surface area contributed by atoms with E-state index < -0.39 is 12.7 Å². The number of aryl methyl sites for hydroxylation is 1. The highest BCUT2D eigenvalue weighted by Gasteiger charge is 2.26. The summed E-state index contributed by atoms with van der Waals surface area (Å²) in [5.74, 6) is 0. The van der Waals surface area contributed by atoms with Crippen molar-refractivity contribution in [1.29, 1.82) is 0 Å². The van der Waals surface area contributed by atoms with Crippen LogP contribution in [0.15, 0.2) is 9.85 Å². The molecule has 1 heterocycles. The van der Waals surface area contributed by atoms with Gasteiger partial charge < -0.3 is 5.32 Å². The van der Waals surface area contributed by atoms with E-state index in [1.54, 1.807) is 0 Å². The summed E-state index contributed by atoms with van der Waals surface area (Å²) in [5, 5.41) is 2.35. The van der Waals surface area contributed by atoms with E-state index in [9.17, 15) is 13.2 Å². The molecule has 0 aliphatic carbocycles. The molecule has 0 bridgehead atoms. The fraction of sp³-hybridized carbons (Fsp3) is 0.500. The highest BCUT2D eigenvalue weighted by molar-refractivity contribution is 9.11. The van der Waals surface area contributed by atoms with Crippen LogP contribution in [0.3, 0.4) is 0 Å². The molecule has 1 aromatic heterocycles. The van der Waals surface area contributed by atoms with Gasteiger partial charge in [-0.15, -0.1) is 11.3 Å². The predicted octanol–water partition coefficient (Wildman–Crippen LogP) is 3.47. The number of nitrogens with one attached hydrogen (secondary N) is 1. The second-order valence-corrected chi connectivity index (χ2v) is 5.34. The van der Waals surface area contributed by atoms with Crippen LogP contribution in [0.5, 0.6) is 0 Å². The Bertz CT molecular complexity index is 289. The quantitative estimate of drug-likeness (QED) is 0.898. The van der Waals surface area contributed by atoms with Crippen LogP contribution in [-0.4, -0.2) is 12.7 Å². The molecule has 0 amide bonds. The summed E-state index contributed by atoms with van der Waals surface area (Å²) >= 11 is 4.77. The highest BCUT2D eigenvalue weighted by Crippen LogP contribution is 2.27. The van der Waals surface area contributed by atoms with E-state index in [-0.39, 0.29) is 6.54 Å². The molecule has 14 heavy (non-hydrogen) atoms. The minimum atomic E-state index is -4.14. The molecule has 0 aliphatic heterocycles. The van der Waals surface area contributed by atoms with Crippen LogP contribution in [0.2, 0.25) is 0 Å². The minimum absolute atomic E-state index is 0.261. The predicted molar refractivity (Wildman–Crippen MR) is 54.5 cm³/mol. The molecule has 0 aromatic carbocycles. The Hall–Kier alpha value is -0.0700. The summed E-state index contributed by atoms with van der Waals surface area (Å²) in [5.41, 5.74) is 1.05. The number of thiophene rings is 1. The molecule has 1 rings (SSSR count). The van der Waals surface area contributed by atoms with Gasteiger partial charge in [-0.2, -0.15) is 13.2 Å². The first kappa shape index (κ1) is 12.0. The van der Waals surface area contributed by atoms with Crippen molar-refractivity contribution < 1.29 is 13.2 Å². The number of alkyl halides is 3. The Morgan fingerprint density at radius 2 is 2.14 bits per heavy atom. The van der Waals surface area contributed by atoms with E-state index in [0.717, 1.165) is 14.2 Å². The monoisotopic (exact) mass is 287 g/mol. The van der Waals surface area contributed by atoms with E-state index in [2.05, 4.69) is 21.2 Å². The van der Waals surface area contributed by atoms with E-state index in [4.69, 9.17) is 0 Å². The van der Waals surface area contributed by atoms with Crippen molar-refractivity contribution in [1.82, 2.24) is 5.32 Å². The zero-order valence-corrected chi connectivity index (χ0v) is 9.81. The van der Waals surface area contributed by atoms with Gasteiger partial charge in [0, 0.05) is 11.4 Å². The summed E-state index contributed by atoms with van der Waals surface area (Å²) in [6.45, 7) is 1.23. The molecule has 0 atom stereocenters. The summed E-state index contributed by atoms with van der Waals surface area (Å²) in [6.07, 6.45) is -4.14. The Labute approximate surface area is 92.4 Å². The van der Waals surface area contributed by atoms with Crippen LogP contribution in [0.25, 0.3) is 0 Å². The lowest BCUT2D eigenvalue weighted by Crippen LogP contribution is -2.27. The van der Waals surface area contributed by atoms with Crippen LogP contribution < -0.4 is 5.32 Å². The molecule has 0 spiro atoms. The van der Waals surface area contributed by atoms with Crippen molar-refractivity contribution in [3.63, 3.8) is 0 Å². The number of hydrogen-bond donors (Lipinski definition) is 1. The van der Waals surface area contributed by atoms with Crippen molar-refractivity contribution in [3.8, 4) is 0 Å². The average Bonchev–Trinajstić information content (AvgIpc) is 2.28. The molecule has 80 valence electrons. The fourth-order valence-corrected chi connectivity index (χ4v) is 2.54. The van der Waals surface area contributed by atoms with Crippen LogP contribution >= 0.6 is 27.3 Å². The first-order valence-electron chi connectivity index (χ1n) is 3.91. The van der Waals surface area contributed by atoms with E-state index in [0.29, 0.717) is 0 Å². The van der Waals surface area contributed by atoms with Crippen molar-refractivity contribution in [2.24, 2.45) is 0 Å². The minimum Gasteiger partial charge on any atom is -0.304 e. The van der Waals surface area contributed by atoms with Crippen LogP contribution in [0.1, 0.15) is 10.4 Å². The number of hydrogen-bond acceptors (Lipinski definition) is 2. The third-order valence-corrected chi connectivity index (χ3v) is 3.67. The lowest BCUT2D eigenvalue weighted by Gasteiger charge is -2.06. The van der Waals surface area contributed by atoms with Crippen LogP contribution in [0.4, 0.5) is 13.2 Å². The summed E-state index contributed by atoms with van der Waals surface area (Å²) in [7, 11) is 0. The van der Waals surface area contributed by atoms with Crippen molar-refractivity contribution >= 4 is 27.3 Å². The van der Waals surface area contributed by atoms with E-state index in [1.807, 2.05) is 13.0 Å². The molecule has 0 saturated heterocycles.